The van der Waals surface area contributed by atoms with Crippen LogP contribution in [0.5, 0.6) is 5.75 Å². The standard InChI is InChI=1S/C19H22FN3O2.2ClH/c1-25-18-8-3-2-7-16(18)22-13-19(24)23-10-9-21-12-17(23)14-5-4-6-15(20)11-14;;/h2-8,11,17,21-22H,9-10,12-13H2,1H3;2*1H. The fourth-order valence-corrected chi connectivity index (χ4v) is 3.08. The number of rotatable bonds is 5. The Kier molecular flexibility index (Phi) is 9.35. The molecule has 0 spiro atoms. The number of carbonyl (C=O) groups excluding carboxylic acids is 1. The van der Waals surface area contributed by atoms with Gasteiger partial charge in [0.15, 0.2) is 0 Å². The normalized spacial score (nSPS) is 15.9. The lowest BCUT2D eigenvalue weighted by Gasteiger charge is -2.36. The van der Waals surface area contributed by atoms with Gasteiger partial charge in [-0.1, -0.05) is 24.3 Å². The minimum absolute atomic E-state index is 0. The SMILES string of the molecule is COc1ccccc1NCC(=O)N1CCNCC1c1cccc(F)c1.Cl.Cl. The molecule has 1 unspecified atom stereocenters. The number of piperazine rings is 1. The number of hydrogen-bond acceptors (Lipinski definition) is 4. The Morgan fingerprint density at radius 1 is 1.26 bits per heavy atom. The molecule has 0 radical (unpaired) electrons. The number of benzene rings is 2. The fourth-order valence-electron chi connectivity index (χ4n) is 3.08. The predicted octanol–water partition coefficient (Wildman–Crippen LogP) is 3.26. The maximum Gasteiger partial charge on any atom is 0.242 e. The molecule has 148 valence electrons. The molecule has 1 atom stereocenters. The van der Waals surface area contributed by atoms with Gasteiger partial charge in [0, 0.05) is 19.6 Å². The number of carbonyl (C=O) groups is 1. The van der Waals surface area contributed by atoms with Gasteiger partial charge in [-0.05, 0) is 29.8 Å². The minimum Gasteiger partial charge on any atom is -0.495 e. The number of halogens is 3. The summed E-state index contributed by atoms with van der Waals surface area (Å²) < 4.78 is 18.8. The Balaban J connectivity index is 0.00000182. The molecule has 2 aromatic rings. The highest BCUT2D eigenvalue weighted by molar-refractivity contribution is 5.85. The predicted molar refractivity (Wildman–Crippen MR) is 110 cm³/mol. The number of ether oxygens (including phenoxy) is 1. The van der Waals surface area contributed by atoms with Gasteiger partial charge in [0.2, 0.25) is 5.91 Å². The van der Waals surface area contributed by atoms with Crippen molar-refractivity contribution in [1.82, 2.24) is 10.2 Å². The summed E-state index contributed by atoms with van der Waals surface area (Å²) in [4.78, 5) is 14.5. The summed E-state index contributed by atoms with van der Waals surface area (Å²) in [6.07, 6.45) is 0. The zero-order valence-electron chi connectivity index (χ0n) is 15.0. The molecule has 1 aliphatic heterocycles. The lowest BCUT2D eigenvalue weighted by molar-refractivity contribution is -0.132. The summed E-state index contributed by atoms with van der Waals surface area (Å²) in [7, 11) is 1.60. The summed E-state index contributed by atoms with van der Waals surface area (Å²) in [5.41, 5.74) is 1.58. The lowest BCUT2D eigenvalue weighted by atomic mass is 10.0. The van der Waals surface area contributed by atoms with Crippen LogP contribution in [0.4, 0.5) is 10.1 Å². The molecule has 5 nitrogen and oxygen atoms in total. The van der Waals surface area contributed by atoms with Crippen molar-refractivity contribution in [3.8, 4) is 5.75 Å². The van der Waals surface area contributed by atoms with E-state index in [9.17, 15) is 9.18 Å². The van der Waals surface area contributed by atoms with E-state index in [2.05, 4.69) is 10.6 Å². The average molecular weight is 416 g/mol. The Hall–Kier alpha value is -2.02. The first kappa shape index (κ1) is 23.0. The van der Waals surface area contributed by atoms with E-state index in [1.165, 1.54) is 12.1 Å². The highest BCUT2D eigenvalue weighted by Gasteiger charge is 2.27. The number of anilines is 1. The highest BCUT2D eigenvalue weighted by atomic mass is 35.5. The molecule has 2 N–H and O–H groups in total. The van der Waals surface area contributed by atoms with Gasteiger partial charge < -0.3 is 20.3 Å². The molecule has 1 aliphatic rings. The van der Waals surface area contributed by atoms with Crippen LogP contribution in [0.25, 0.3) is 0 Å². The van der Waals surface area contributed by atoms with Crippen LogP contribution >= 0.6 is 24.8 Å². The Morgan fingerprint density at radius 3 is 2.78 bits per heavy atom. The van der Waals surface area contributed by atoms with E-state index in [1.807, 2.05) is 30.3 Å². The van der Waals surface area contributed by atoms with Crippen molar-refractivity contribution in [2.75, 3.05) is 38.6 Å². The van der Waals surface area contributed by atoms with Crippen LogP contribution in [0, 0.1) is 5.82 Å². The van der Waals surface area contributed by atoms with Crippen molar-refractivity contribution in [3.05, 3.63) is 59.9 Å². The third-order valence-corrected chi connectivity index (χ3v) is 4.33. The Labute approximate surface area is 171 Å². The second-order valence-corrected chi connectivity index (χ2v) is 5.92. The fraction of sp³-hybridized carbons (Fsp3) is 0.316. The van der Waals surface area contributed by atoms with Crippen LogP contribution in [0.1, 0.15) is 11.6 Å². The van der Waals surface area contributed by atoms with E-state index < -0.39 is 0 Å². The van der Waals surface area contributed by atoms with Crippen LogP contribution in [-0.4, -0.2) is 44.1 Å². The zero-order chi connectivity index (χ0) is 17.6. The van der Waals surface area contributed by atoms with Crippen LogP contribution in [0.3, 0.4) is 0 Å². The molecule has 1 saturated heterocycles. The second-order valence-electron chi connectivity index (χ2n) is 5.92. The third kappa shape index (κ3) is 5.73. The van der Waals surface area contributed by atoms with Crippen LogP contribution in [0.15, 0.2) is 48.5 Å². The van der Waals surface area contributed by atoms with E-state index in [1.54, 1.807) is 18.1 Å². The topological polar surface area (TPSA) is 53.6 Å². The first-order chi connectivity index (χ1) is 12.2. The monoisotopic (exact) mass is 415 g/mol. The number of hydrogen-bond donors (Lipinski definition) is 2. The van der Waals surface area contributed by atoms with E-state index in [0.29, 0.717) is 18.8 Å². The van der Waals surface area contributed by atoms with Gasteiger partial charge in [0.05, 0.1) is 25.4 Å². The molecule has 3 rings (SSSR count). The molecule has 1 heterocycles. The largest absolute Gasteiger partial charge is 0.495 e. The number of nitrogens with zero attached hydrogens (tertiary/aromatic N) is 1. The van der Waals surface area contributed by atoms with Crippen molar-refractivity contribution in [2.24, 2.45) is 0 Å². The molecular formula is C19H24Cl2FN3O2. The van der Waals surface area contributed by atoms with E-state index in [4.69, 9.17) is 4.74 Å². The molecular weight excluding hydrogens is 392 g/mol. The number of para-hydroxylation sites is 2. The summed E-state index contributed by atoms with van der Waals surface area (Å²) in [5.74, 6) is 0.376. The van der Waals surface area contributed by atoms with Gasteiger partial charge in [-0.25, -0.2) is 4.39 Å². The van der Waals surface area contributed by atoms with Crippen molar-refractivity contribution < 1.29 is 13.9 Å². The molecule has 1 fully saturated rings. The summed E-state index contributed by atoms with van der Waals surface area (Å²) in [6, 6.07) is 13.7. The summed E-state index contributed by atoms with van der Waals surface area (Å²) in [6.45, 7) is 2.09. The van der Waals surface area contributed by atoms with Crippen LogP contribution in [-0.2, 0) is 4.79 Å². The summed E-state index contributed by atoms with van der Waals surface area (Å²) in [5, 5.41) is 6.41. The van der Waals surface area contributed by atoms with Crippen LogP contribution in [0.2, 0.25) is 0 Å². The average Bonchev–Trinajstić information content (AvgIpc) is 2.66. The third-order valence-electron chi connectivity index (χ3n) is 4.33. The van der Waals surface area contributed by atoms with Crippen molar-refractivity contribution in [1.29, 1.82) is 0 Å². The Bertz CT molecular complexity index is 748. The molecule has 0 aliphatic carbocycles. The van der Waals surface area contributed by atoms with Gasteiger partial charge in [0.25, 0.3) is 0 Å². The number of methoxy groups -OCH3 is 1. The first-order valence-corrected chi connectivity index (χ1v) is 8.31. The van der Waals surface area contributed by atoms with Crippen LogP contribution < -0.4 is 15.4 Å². The van der Waals surface area contributed by atoms with E-state index >= 15 is 0 Å². The van der Waals surface area contributed by atoms with Crippen molar-refractivity contribution in [2.45, 2.75) is 6.04 Å². The first-order valence-electron chi connectivity index (χ1n) is 8.31. The van der Waals surface area contributed by atoms with Crippen molar-refractivity contribution >= 4 is 36.4 Å². The summed E-state index contributed by atoms with van der Waals surface area (Å²) >= 11 is 0. The van der Waals surface area contributed by atoms with Gasteiger partial charge in [-0.2, -0.15) is 0 Å². The minimum atomic E-state index is -0.289. The van der Waals surface area contributed by atoms with Gasteiger partial charge in [-0.15, -0.1) is 24.8 Å². The van der Waals surface area contributed by atoms with Gasteiger partial charge in [-0.3, -0.25) is 4.79 Å². The smallest absolute Gasteiger partial charge is 0.242 e. The van der Waals surface area contributed by atoms with E-state index in [-0.39, 0.29) is 49.1 Å². The van der Waals surface area contributed by atoms with Gasteiger partial charge >= 0.3 is 0 Å². The maximum atomic E-state index is 13.6. The molecule has 0 saturated carbocycles. The Morgan fingerprint density at radius 2 is 2.04 bits per heavy atom. The quantitative estimate of drug-likeness (QED) is 0.786. The second kappa shape index (κ2) is 11.0. The molecule has 0 aromatic heterocycles. The van der Waals surface area contributed by atoms with Crippen molar-refractivity contribution in [3.63, 3.8) is 0 Å². The van der Waals surface area contributed by atoms with Gasteiger partial charge in [0.1, 0.15) is 11.6 Å². The highest BCUT2D eigenvalue weighted by Crippen LogP contribution is 2.25. The number of nitrogens with one attached hydrogen (secondary N) is 2. The zero-order valence-corrected chi connectivity index (χ0v) is 16.6. The molecule has 27 heavy (non-hydrogen) atoms. The molecule has 1 amide bonds. The molecule has 8 heteroatoms. The van der Waals surface area contributed by atoms with E-state index in [0.717, 1.165) is 17.8 Å². The molecule has 0 bridgehead atoms. The maximum absolute atomic E-state index is 13.6. The lowest BCUT2D eigenvalue weighted by Crippen LogP contribution is -2.50. The number of amides is 1. The molecule has 2 aromatic carbocycles.